The molecule has 0 amide bonds. The van der Waals surface area contributed by atoms with E-state index in [1.807, 2.05) is 0 Å². The molecule has 0 rings (SSSR count). The van der Waals surface area contributed by atoms with Crippen molar-refractivity contribution >= 4 is 29.0 Å². The van der Waals surface area contributed by atoms with Gasteiger partial charge in [0.05, 0.1) is 0 Å². The van der Waals surface area contributed by atoms with Gasteiger partial charge in [0.2, 0.25) is 0 Å². The Morgan fingerprint density at radius 1 is 0.857 bits per heavy atom. The fourth-order valence-electron chi connectivity index (χ4n) is 1.87. The summed E-state index contributed by atoms with van der Waals surface area (Å²) in [6, 6.07) is 0. The molecule has 0 aliphatic rings. The third-order valence-electron chi connectivity index (χ3n) is 3.09. The Bertz CT molecular complexity index is 316. The molecule has 0 spiro atoms. The molecule has 0 fully saturated rings. The normalized spacial score (nSPS) is 11.5. The molecule has 0 heterocycles. The standard InChI is InChI=1S/C18H30O2.Mg.2H/c1-2-3-4-5-6-7-8-9-10-11-12-13-14-15-16-17-18(19)20;;;/h5-10H,2-4,11-17H2,1H3,(H,19,20);;;/q;+2;2*-1. The predicted molar refractivity (Wildman–Crippen MR) is 94.9 cm³/mol. The molecule has 0 unspecified atom stereocenters. The SMILES string of the molecule is CCCCC=CC=CC=CCCCCCCCC(=O)O.[H-].[H-].[Mg+2]. The molecule has 0 aliphatic heterocycles. The second-order valence-electron chi connectivity index (χ2n) is 5.08. The molecule has 0 aromatic rings. The van der Waals surface area contributed by atoms with Gasteiger partial charge < -0.3 is 7.96 Å². The zero-order chi connectivity index (χ0) is 14.9. The van der Waals surface area contributed by atoms with E-state index in [1.165, 1.54) is 32.1 Å². The second kappa shape index (κ2) is 19.5. The topological polar surface area (TPSA) is 37.3 Å². The van der Waals surface area contributed by atoms with Crippen LogP contribution in [0.25, 0.3) is 0 Å². The van der Waals surface area contributed by atoms with Crippen LogP contribution in [0.4, 0.5) is 0 Å². The van der Waals surface area contributed by atoms with Gasteiger partial charge in [-0.15, -0.1) is 0 Å². The van der Waals surface area contributed by atoms with Gasteiger partial charge >= 0.3 is 29.0 Å². The van der Waals surface area contributed by atoms with Crippen molar-refractivity contribution in [3.8, 4) is 0 Å². The first-order valence-electron chi connectivity index (χ1n) is 7.97. The summed E-state index contributed by atoms with van der Waals surface area (Å²) in [5, 5.41) is 8.50. The van der Waals surface area contributed by atoms with Crippen LogP contribution < -0.4 is 0 Å². The average Bonchev–Trinajstić information content (AvgIpc) is 2.43. The zero-order valence-electron chi connectivity index (χ0n) is 15.6. The molecule has 3 heteroatoms. The summed E-state index contributed by atoms with van der Waals surface area (Å²) in [5.41, 5.74) is 0. The van der Waals surface area contributed by atoms with Crippen molar-refractivity contribution in [1.29, 1.82) is 0 Å². The number of hydrogen-bond acceptors (Lipinski definition) is 1. The molecule has 0 aromatic carbocycles. The van der Waals surface area contributed by atoms with E-state index in [-0.39, 0.29) is 25.9 Å². The molecule has 0 atom stereocenters. The summed E-state index contributed by atoms with van der Waals surface area (Å²) in [5.74, 6) is -0.677. The molecule has 1 N–H and O–H groups in total. The summed E-state index contributed by atoms with van der Waals surface area (Å²) in [6.07, 6.45) is 23.3. The van der Waals surface area contributed by atoms with Crippen molar-refractivity contribution < 1.29 is 12.8 Å². The van der Waals surface area contributed by atoms with E-state index in [2.05, 4.69) is 43.4 Å². The fourth-order valence-corrected chi connectivity index (χ4v) is 1.87. The molecule has 0 radical (unpaired) electrons. The minimum atomic E-state index is -0.677. The number of aliphatic carboxylic acids is 1. The van der Waals surface area contributed by atoms with E-state index in [1.54, 1.807) is 0 Å². The van der Waals surface area contributed by atoms with Crippen LogP contribution >= 0.6 is 0 Å². The number of unbranched alkanes of at least 4 members (excludes halogenated alkanes) is 7. The molecule has 0 aliphatic carbocycles. The summed E-state index contributed by atoms with van der Waals surface area (Å²) in [6.45, 7) is 2.21. The summed E-state index contributed by atoms with van der Waals surface area (Å²) in [7, 11) is 0. The zero-order valence-corrected chi connectivity index (χ0v) is 15.0. The minimum Gasteiger partial charge on any atom is -1.00 e. The number of hydrogen-bond donors (Lipinski definition) is 1. The Kier molecular flexibility index (Phi) is 21.1. The third-order valence-corrected chi connectivity index (χ3v) is 3.09. The van der Waals surface area contributed by atoms with Crippen LogP contribution in [0, 0.1) is 0 Å². The molecular formula is C18H32MgO2. The Hall–Kier alpha value is -0.544. The maximum atomic E-state index is 10.3. The number of carbonyl (C=O) groups is 1. The van der Waals surface area contributed by atoms with Gasteiger partial charge in [0.1, 0.15) is 0 Å². The van der Waals surface area contributed by atoms with Crippen LogP contribution in [0.5, 0.6) is 0 Å². The van der Waals surface area contributed by atoms with E-state index < -0.39 is 5.97 Å². The summed E-state index contributed by atoms with van der Waals surface area (Å²) in [4.78, 5) is 10.3. The monoisotopic (exact) mass is 304 g/mol. The molecule has 2 nitrogen and oxygen atoms in total. The van der Waals surface area contributed by atoms with Crippen LogP contribution in [0.2, 0.25) is 0 Å². The largest absolute Gasteiger partial charge is 2.00 e. The molecule has 0 saturated heterocycles. The second-order valence-corrected chi connectivity index (χ2v) is 5.08. The average molecular weight is 305 g/mol. The van der Waals surface area contributed by atoms with Crippen LogP contribution in [0.1, 0.15) is 74.0 Å². The number of rotatable bonds is 13. The van der Waals surface area contributed by atoms with Crippen molar-refractivity contribution in [3.63, 3.8) is 0 Å². The summed E-state index contributed by atoms with van der Waals surface area (Å²) >= 11 is 0. The molecule has 0 aromatic heterocycles. The van der Waals surface area contributed by atoms with E-state index in [0.717, 1.165) is 25.7 Å². The first-order valence-corrected chi connectivity index (χ1v) is 7.97. The van der Waals surface area contributed by atoms with Gasteiger partial charge in [0, 0.05) is 6.42 Å². The minimum absolute atomic E-state index is 0. The van der Waals surface area contributed by atoms with Crippen LogP contribution in [0.15, 0.2) is 36.5 Å². The molecule has 0 saturated carbocycles. The van der Waals surface area contributed by atoms with Crippen LogP contribution in [0.3, 0.4) is 0 Å². The maximum absolute atomic E-state index is 10.3. The van der Waals surface area contributed by atoms with Gasteiger partial charge in [-0.25, -0.2) is 0 Å². The number of carboxylic acid groups (broad SMARTS) is 1. The van der Waals surface area contributed by atoms with E-state index in [4.69, 9.17) is 5.11 Å². The van der Waals surface area contributed by atoms with Crippen molar-refractivity contribution in [2.45, 2.75) is 71.1 Å². The van der Waals surface area contributed by atoms with Gasteiger partial charge in [-0.3, -0.25) is 4.79 Å². The Balaban J connectivity index is -0.000000602. The van der Waals surface area contributed by atoms with E-state index in [0.29, 0.717) is 6.42 Å². The van der Waals surface area contributed by atoms with Gasteiger partial charge in [0.25, 0.3) is 0 Å². The first kappa shape index (κ1) is 22.7. The Labute approximate surface area is 149 Å². The molecule has 118 valence electrons. The van der Waals surface area contributed by atoms with Crippen molar-refractivity contribution in [2.75, 3.05) is 0 Å². The molecular weight excluding hydrogens is 273 g/mol. The van der Waals surface area contributed by atoms with Gasteiger partial charge in [-0.1, -0.05) is 75.5 Å². The third kappa shape index (κ3) is 21.9. The number of allylic oxidation sites excluding steroid dienone is 6. The Morgan fingerprint density at radius 3 is 1.95 bits per heavy atom. The van der Waals surface area contributed by atoms with E-state index in [9.17, 15) is 4.79 Å². The van der Waals surface area contributed by atoms with Crippen molar-refractivity contribution in [2.24, 2.45) is 0 Å². The Morgan fingerprint density at radius 2 is 1.38 bits per heavy atom. The molecule has 0 bridgehead atoms. The van der Waals surface area contributed by atoms with Crippen molar-refractivity contribution in [3.05, 3.63) is 36.5 Å². The quantitative estimate of drug-likeness (QED) is 0.277. The van der Waals surface area contributed by atoms with Crippen LogP contribution in [-0.2, 0) is 4.79 Å². The molecule has 21 heavy (non-hydrogen) atoms. The van der Waals surface area contributed by atoms with Gasteiger partial charge in [0.15, 0.2) is 0 Å². The first-order chi connectivity index (χ1) is 9.77. The maximum Gasteiger partial charge on any atom is 2.00 e. The van der Waals surface area contributed by atoms with Crippen molar-refractivity contribution in [1.82, 2.24) is 0 Å². The number of carboxylic acids is 1. The van der Waals surface area contributed by atoms with Gasteiger partial charge in [-0.2, -0.15) is 0 Å². The van der Waals surface area contributed by atoms with Gasteiger partial charge in [-0.05, 0) is 25.7 Å². The van der Waals surface area contributed by atoms with E-state index >= 15 is 0 Å². The van der Waals surface area contributed by atoms with Crippen LogP contribution in [-0.4, -0.2) is 34.1 Å². The summed E-state index contributed by atoms with van der Waals surface area (Å²) < 4.78 is 0. The predicted octanol–water partition coefficient (Wildman–Crippen LogP) is 5.50. The smallest absolute Gasteiger partial charge is 1.00 e. The fraction of sp³-hybridized carbons (Fsp3) is 0.611.